The number of hydrogen-bond acceptors (Lipinski definition) is 7. The molecule has 0 unspecified atom stereocenters. The summed E-state index contributed by atoms with van der Waals surface area (Å²) in [4.78, 5) is 1.60. The third-order valence-electron chi connectivity index (χ3n) is 3.37. The predicted molar refractivity (Wildman–Crippen MR) is 87.7 cm³/mol. The van der Waals surface area contributed by atoms with Gasteiger partial charge in [0.1, 0.15) is 5.76 Å². The Hall–Kier alpha value is -2.87. The molecule has 0 saturated heterocycles. The van der Waals surface area contributed by atoms with Crippen molar-refractivity contribution in [1.82, 2.24) is 25.2 Å². The van der Waals surface area contributed by atoms with E-state index in [1.165, 1.54) is 11.8 Å². The first-order valence-corrected chi connectivity index (χ1v) is 8.25. The highest BCUT2D eigenvalue weighted by atomic mass is 32.2. The molecular weight excluding hydrogens is 326 g/mol. The topological polar surface area (TPSA) is 82.8 Å². The molecule has 0 atom stereocenters. The van der Waals surface area contributed by atoms with Gasteiger partial charge in [-0.25, -0.2) is 0 Å². The fourth-order valence-electron chi connectivity index (χ4n) is 2.17. The molecule has 4 rings (SSSR count). The van der Waals surface area contributed by atoms with E-state index >= 15 is 0 Å². The molecule has 7 nitrogen and oxygen atoms in total. The van der Waals surface area contributed by atoms with Crippen LogP contribution in [0, 0.1) is 6.92 Å². The molecule has 0 fully saturated rings. The maximum absolute atomic E-state index is 5.65. The molecule has 0 spiro atoms. The van der Waals surface area contributed by atoms with E-state index in [0.717, 1.165) is 22.7 Å². The van der Waals surface area contributed by atoms with Gasteiger partial charge < -0.3 is 8.83 Å². The lowest BCUT2D eigenvalue weighted by atomic mass is 10.3. The van der Waals surface area contributed by atoms with Crippen molar-refractivity contribution in [3.63, 3.8) is 0 Å². The minimum atomic E-state index is 0.455. The van der Waals surface area contributed by atoms with E-state index in [0.29, 0.717) is 16.9 Å². The Morgan fingerprint density at radius 3 is 2.79 bits per heavy atom. The summed E-state index contributed by atoms with van der Waals surface area (Å²) in [6.45, 7) is 1.86. The Balaban J connectivity index is 1.44. The molecule has 24 heavy (non-hydrogen) atoms. The number of para-hydroxylation sites is 1. The summed E-state index contributed by atoms with van der Waals surface area (Å²) in [7, 11) is 0. The van der Waals surface area contributed by atoms with Crippen LogP contribution in [0.4, 0.5) is 0 Å². The first kappa shape index (κ1) is 14.7. The van der Waals surface area contributed by atoms with Gasteiger partial charge in [0.2, 0.25) is 0 Å². The average molecular weight is 339 g/mol. The number of aryl methyl sites for hydroxylation is 1. The molecule has 8 heteroatoms. The smallest absolute Gasteiger partial charge is 0.277 e. The van der Waals surface area contributed by atoms with E-state index in [-0.39, 0.29) is 0 Å². The van der Waals surface area contributed by atoms with Gasteiger partial charge in [0.15, 0.2) is 0 Å². The first-order valence-electron chi connectivity index (χ1n) is 7.27. The van der Waals surface area contributed by atoms with Gasteiger partial charge in [-0.15, -0.1) is 10.2 Å². The molecule has 1 aromatic carbocycles. The molecule has 0 amide bonds. The van der Waals surface area contributed by atoms with Crippen LogP contribution in [0.25, 0.3) is 17.1 Å². The molecule has 0 saturated carbocycles. The van der Waals surface area contributed by atoms with Gasteiger partial charge in [0, 0.05) is 5.75 Å². The van der Waals surface area contributed by atoms with Crippen LogP contribution in [0.15, 0.2) is 62.9 Å². The Morgan fingerprint density at radius 2 is 2.00 bits per heavy atom. The molecule has 3 heterocycles. The number of nitrogens with zero attached hydrogens (tertiary/aromatic N) is 5. The highest BCUT2D eigenvalue weighted by Gasteiger charge is 2.14. The summed E-state index contributed by atoms with van der Waals surface area (Å²) in [5, 5.41) is 17.3. The lowest BCUT2D eigenvalue weighted by Gasteiger charge is -1.97. The summed E-state index contributed by atoms with van der Waals surface area (Å²) in [5.74, 6) is 1.80. The SMILES string of the molecule is Cc1occc1-c1nnc(SCc2cnn(-c3ccccc3)n2)o1. The fourth-order valence-corrected chi connectivity index (χ4v) is 2.81. The van der Waals surface area contributed by atoms with Crippen molar-refractivity contribution in [3.8, 4) is 17.1 Å². The standard InChI is InChI=1S/C16H13N5O2S/c1-11-14(7-8-22-11)15-18-19-16(23-15)24-10-12-9-17-21(20-12)13-5-3-2-4-6-13/h2-9H,10H2,1H3. The third kappa shape index (κ3) is 2.95. The summed E-state index contributed by atoms with van der Waals surface area (Å²) in [5.41, 5.74) is 2.57. The zero-order valence-electron chi connectivity index (χ0n) is 12.8. The normalized spacial score (nSPS) is 11.0. The second-order valence-electron chi connectivity index (χ2n) is 5.01. The van der Waals surface area contributed by atoms with Crippen LogP contribution in [0.3, 0.4) is 0 Å². The molecular formula is C16H13N5O2S. The van der Waals surface area contributed by atoms with Gasteiger partial charge in [-0.3, -0.25) is 0 Å². The van der Waals surface area contributed by atoms with Gasteiger partial charge in [-0.2, -0.15) is 15.0 Å². The lowest BCUT2D eigenvalue weighted by molar-refractivity contribution is 0.463. The molecule has 0 aliphatic heterocycles. The summed E-state index contributed by atoms with van der Waals surface area (Å²) < 4.78 is 10.9. The predicted octanol–water partition coefficient (Wildman–Crippen LogP) is 3.51. The van der Waals surface area contributed by atoms with Crippen molar-refractivity contribution in [3.05, 3.63) is 60.3 Å². The van der Waals surface area contributed by atoms with Crippen LogP contribution in [-0.4, -0.2) is 25.2 Å². The number of hydrogen-bond donors (Lipinski definition) is 0. The van der Waals surface area contributed by atoms with Crippen molar-refractivity contribution in [2.45, 2.75) is 17.9 Å². The van der Waals surface area contributed by atoms with E-state index in [1.54, 1.807) is 17.3 Å². The van der Waals surface area contributed by atoms with Crippen LogP contribution in [0.2, 0.25) is 0 Å². The van der Waals surface area contributed by atoms with E-state index in [9.17, 15) is 0 Å². The fraction of sp³-hybridized carbons (Fsp3) is 0.125. The van der Waals surface area contributed by atoms with Crippen molar-refractivity contribution >= 4 is 11.8 Å². The number of aromatic nitrogens is 5. The zero-order valence-corrected chi connectivity index (χ0v) is 13.6. The monoisotopic (exact) mass is 339 g/mol. The van der Waals surface area contributed by atoms with Gasteiger partial charge in [-0.1, -0.05) is 30.0 Å². The van der Waals surface area contributed by atoms with E-state index in [2.05, 4.69) is 20.4 Å². The summed E-state index contributed by atoms with van der Waals surface area (Å²) in [6, 6.07) is 11.6. The maximum atomic E-state index is 5.65. The molecule has 0 radical (unpaired) electrons. The van der Waals surface area contributed by atoms with Crippen LogP contribution in [-0.2, 0) is 5.75 Å². The molecule has 0 bridgehead atoms. The van der Waals surface area contributed by atoms with Gasteiger partial charge in [0.25, 0.3) is 11.1 Å². The second kappa shape index (κ2) is 6.32. The van der Waals surface area contributed by atoms with Gasteiger partial charge in [0.05, 0.1) is 29.4 Å². The highest BCUT2D eigenvalue weighted by molar-refractivity contribution is 7.98. The number of benzene rings is 1. The van der Waals surface area contributed by atoms with Crippen LogP contribution in [0.1, 0.15) is 11.5 Å². The number of thioether (sulfide) groups is 1. The minimum absolute atomic E-state index is 0.455. The zero-order chi connectivity index (χ0) is 16.4. The van der Waals surface area contributed by atoms with Crippen LogP contribution < -0.4 is 0 Å². The maximum Gasteiger partial charge on any atom is 0.277 e. The van der Waals surface area contributed by atoms with E-state index in [4.69, 9.17) is 8.83 Å². The Bertz CT molecular complexity index is 944. The van der Waals surface area contributed by atoms with Crippen molar-refractivity contribution in [2.24, 2.45) is 0 Å². The molecule has 0 N–H and O–H groups in total. The largest absolute Gasteiger partial charge is 0.469 e. The number of furan rings is 1. The number of rotatable bonds is 5. The Morgan fingerprint density at radius 1 is 1.12 bits per heavy atom. The minimum Gasteiger partial charge on any atom is -0.469 e. The Kier molecular flexibility index (Phi) is 3.87. The average Bonchev–Trinajstić information content (AvgIpc) is 3.34. The Labute approximate surface area is 141 Å². The van der Waals surface area contributed by atoms with Crippen molar-refractivity contribution in [2.75, 3.05) is 0 Å². The lowest BCUT2D eigenvalue weighted by Crippen LogP contribution is -1.98. The first-order chi connectivity index (χ1) is 11.8. The summed E-state index contributed by atoms with van der Waals surface area (Å²) >= 11 is 1.42. The van der Waals surface area contributed by atoms with Gasteiger partial charge in [-0.05, 0) is 25.1 Å². The van der Waals surface area contributed by atoms with Gasteiger partial charge >= 0.3 is 0 Å². The molecule has 0 aliphatic carbocycles. The van der Waals surface area contributed by atoms with E-state index in [1.807, 2.05) is 43.3 Å². The third-order valence-corrected chi connectivity index (χ3v) is 4.22. The van der Waals surface area contributed by atoms with E-state index < -0.39 is 0 Å². The van der Waals surface area contributed by atoms with Crippen LogP contribution >= 0.6 is 11.8 Å². The molecule has 3 aromatic heterocycles. The molecule has 0 aliphatic rings. The van der Waals surface area contributed by atoms with Crippen molar-refractivity contribution in [1.29, 1.82) is 0 Å². The molecule has 120 valence electrons. The molecule has 4 aromatic rings. The highest BCUT2D eigenvalue weighted by Crippen LogP contribution is 2.27. The quantitative estimate of drug-likeness (QED) is 0.514. The van der Waals surface area contributed by atoms with Crippen LogP contribution in [0.5, 0.6) is 0 Å². The summed E-state index contributed by atoms with van der Waals surface area (Å²) in [6.07, 6.45) is 3.33. The van der Waals surface area contributed by atoms with Crippen molar-refractivity contribution < 1.29 is 8.83 Å². The second-order valence-corrected chi connectivity index (χ2v) is 5.94.